The summed E-state index contributed by atoms with van der Waals surface area (Å²) in [4.78, 5) is 14.3. The van der Waals surface area contributed by atoms with Crippen molar-refractivity contribution in [1.29, 1.82) is 0 Å². The molecule has 25 heavy (non-hydrogen) atoms. The predicted molar refractivity (Wildman–Crippen MR) is 97.1 cm³/mol. The van der Waals surface area contributed by atoms with E-state index in [1.807, 2.05) is 4.90 Å². The fourth-order valence-electron chi connectivity index (χ4n) is 4.09. The first kappa shape index (κ1) is 16.2. The number of hydrogen-bond acceptors (Lipinski definition) is 2. The Morgan fingerprint density at radius 1 is 1.00 bits per heavy atom. The van der Waals surface area contributed by atoms with Gasteiger partial charge in [-0.25, -0.2) is 4.79 Å². The number of benzene rings is 2. The van der Waals surface area contributed by atoms with E-state index in [0.717, 1.165) is 32.5 Å². The quantitative estimate of drug-likeness (QED) is 0.936. The van der Waals surface area contributed by atoms with Crippen LogP contribution in [0, 0.1) is 5.92 Å². The molecule has 4 nitrogen and oxygen atoms in total. The number of piperidine rings is 1. The van der Waals surface area contributed by atoms with Crippen LogP contribution in [-0.2, 0) is 4.74 Å². The minimum absolute atomic E-state index is 0.133. The Hall–Kier alpha value is -2.33. The molecule has 1 aliphatic heterocycles. The first-order valence-corrected chi connectivity index (χ1v) is 9.17. The molecule has 0 saturated carbocycles. The highest BCUT2D eigenvalue weighted by molar-refractivity contribution is 5.79. The number of carbonyl (C=O) groups excluding carboxylic acids is 1. The molecule has 0 bridgehead atoms. The molecular weight excluding hydrogens is 312 g/mol. The lowest BCUT2D eigenvalue weighted by Crippen LogP contribution is -2.55. The van der Waals surface area contributed by atoms with Crippen LogP contribution in [0.25, 0.3) is 11.1 Å². The van der Waals surface area contributed by atoms with Gasteiger partial charge >= 0.3 is 6.09 Å². The summed E-state index contributed by atoms with van der Waals surface area (Å²) >= 11 is 0. The minimum atomic E-state index is -0.177. The first-order valence-electron chi connectivity index (χ1n) is 9.17. The fraction of sp³-hybridized carbons (Fsp3) is 0.381. The van der Waals surface area contributed by atoms with E-state index in [0.29, 0.717) is 12.5 Å². The van der Waals surface area contributed by atoms with Crippen LogP contribution in [0.1, 0.15) is 29.9 Å². The van der Waals surface area contributed by atoms with Crippen LogP contribution >= 0.6 is 0 Å². The number of carbonyl (C=O) groups is 1. The van der Waals surface area contributed by atoms with E-state index in [4.69, 9.17) is 4.74 Å². The lowest BCUT2D eigenvalue weighted by Gasteiger charge is -2.30. The normalized spacial score (nSPS) is 17.2. The summed E-state index contributed by atoms with van der Waals surface area (Å²) in [6.45, 7) is 2.94. The van der Waals surface area contributed by atoms with Gasteiger partial charge in [0.2, 0.25) is 0 Å². The van der Waals surface area contributed by atoms with Gasteiger partial charge in [0.25, 0.3) is 0 Å². The van der Waals surface area contributed by atoms with Gasteiger partial charge in [0.1, 0.15) is 6.61 Å². The maximum absolute atomic E-state index is 12.5. The van der Waals surface area contributed by atoms with Gasteiger partial charge in [0.15, 0.2) is 0 Å². The van der Waals surface area contributed by atoms with Crippen LogP contribution < -0.4 is 5.73 Å². The standard InChI is InChI=1S/C21H24N2O2/c22-13-15-9-11-23(12-10-15)21(24)25-14-20-18-7-3-1-5-16(18)17-6-2-4-8-19(17)20/h1-8,15,20H,9-14,22H2/p+1. The zero-order chi connectivity index (χ0) is 17.2. The molecule has 4 rings (SSSR count). The maximum atomic E-state index is 12.5. The van der Waals surface area contributed by atoms with Gasteiger partial charge in [-0.3, -0.25) is 0 Å². The van der Waals surface area contributed by atoms with E-state index < -0.39 is 0 Å². The van der Waals surface area contributed by atoms with Gasteiger partial charge in [-0.15, -0.1) is 0 Å². The predicted octanol–water partition coefficient (Wildman–Crippen LogP) is 2.89. The smallest absolute Gasteiger partial charge is 0.409 e. The molecule has 1 heterocycles. The van der Waals surface area contributed by atoms with E-state index in [2.05, 4.69) is 54.3 Å². The van der Waals surface area contributed by atoms with Gasteiger partial charge < -0.3 is 15.4 Å². The van der Waals surface area contributed by atoms with Crippen LogP contribution in [0.3, 0.4) is 0 Å². The van der Waals surface area contributed by atoms with E-state index in [-0.39, 0.29) is 12.0 Å². The molecule has 4 heteroatoms. The Kier molecular flexibility index (Phi) is 4.45. The first-order chi connectivity index (χ1) is 12.3. The summed E-state index contributed by atoms with van der Waals surface area (Å²) in [7, 11) is 0. The molecule has 1 saturated heterocycles. The Bertz CT molecular complexity index is 720. The summed E-state index contributed by atoms with van der Waals surface area (Å²) in [5.41, 5.74) is 9.01. The van der Waals surface area contributed by atoms with E-state index in [9.17, 15) is 4.79 Å². The second kappa shape index (κ2) is 6.89. The molecule has 0 unspecified atom stereocenters. The lowest BCUT2D eigenvalue weighted by atomic mass is 9.97. The second-order valence-corrected chi connectivity index (χ2v) is 7.02. The third-order valence-electron chi connectivity index (χ3n) is 5.62. The van der Waals surface area contributed by atoms with Crippen molar-refractivity contribution < 1.29 is 15.3 Å². The average Bonchev–Trinajstić information content (AvgIpc) is 3.00. The van der Waals surface area contributed by atoms with Gasteiger partial charge in [-0.1, -0.05) is 48.5 Å². The third-order valence-corrected chi connectivity index (χ3v) is 5.62. The van der Waals surface area contributed by atoms with Crippen LogP contribution in [0.4, 0.5) is 4.79 Å². The Balaban J connectivity index is 1.46. The Morgan fingerprint density at radius 3 is 2.12 bits per heavy atom. The SMILES string of the molecule is [NH3+]CC1CCN(C(=O)OCC2c3ccccc3-c3ccccc32)CC1. The zero-order valence-corrected chi connectivity index (χ0v) is 14.5. The van der Waals surface area contributed by atoms with Crippen LogP contribution in [0.15, 0.2) is 48.5 Å². The molecule has 2 aliphatic rings. The summed E-state index contributed by atoms with van der Waals surface area (Å²) in [5.74, 6) is 0.784. The van der Waals surface area contributed by atoms with E-state index in [1.54, 1.807) is 0 Å². The van der Waals surface area contributed by atoms with Crippen molar-refractivity contribution in [2.24, 2.45) is 5.92 Å². The van der Waals surface area contributed by atoms with Crippen LogP contribution in [-0.4, -0.2) is 37.2 Å². The minimum Gasteiger partial charge on any atom is -0.448 e. The molecule has 130 valence electrons. The van der Waals surface area contributed by atoms with Crippen LogP contribution in [0.5, 0.6) is 0 Å². The van der Waals surface area contributed by atoms with E-state index in [1.165, 1.54) is 22.3 Å². The molecule has 2 aromatic carbocycles. The molecule has 2 aromatic rings. The number of likely N-dealkylation sites (tertiary alicyclic amines) is 1. The summed E-state index contributed by atoms with van der Waals surface area (Å²) in [6, 6.07) is 16.8. The molecule has 0 atom stereocenters. The molecule has 1 aliphatic carbocycles. The van der Waals surface area contributed by atoms with E-state index >= 15 is 0 Å². The van der Waals surface area contributed by atoms with Crippen molar-refractivity contribution in [3.8, 4) is 11.1 Å². The number of quaternary nitrogens is 1. The van der Waals surface area contributed by atoms with Gasteiger partial charge in [0, 0.05) is 24.9 Å². The summed E-state index contributed by atoms with van der Waals surface area (Å²) in [6.07, 6.45) is 1.89. The summed E-state index contributed by atoms with van der Waals surface area (Å²) in [5, 5.41) is 0. The van der Waals surface area contributed by atoms with Crippen molar-refractivity contribution in [3.63, 3.8) is 0 Å². The number of rotatable bonds is 3. The fourth-order valence-corrected chi connectivity index (χ4v) is 4.09. The molecule has 0 spiro atoms. The zero-order valence-electron chi connectivity index (χ0n) is 14.5. The monoisotopic (exact) mass is 337 g/mol. The molecule has 3 N–H and O–H groups in total. The largest absolute Gasteiger partial charge is 0.448 e. The summed E-state index contributed by atoms with van der Waals surface area (Å²) < 4.78 is 5.72. The Morgan fingerprint density at radius 2 is 1.56 bits per heavy atom. The third kappa shape index (κ3) is 3.02. The van der Waals surface area contributed by atoms with Crippen molar-refractivity contribution in [2.45, 2.75) is 18.8 Å². The molecule has 1 fully saturated rings. The highest BCUT2D eigenvalue weighted by atomic mass is 16.6. The van der Waals surface area contributed by atoms with Crippen LogP contribution in [0.2, 0.25) is 0 Å². The number of nitrogens with zero attached hydrogens (tertiary/aromatic N) is 1. The Labute approximate surface area is 148 Å². The lowest BCUT2D eigenvalue weighted by molar-refractivity contribution is -0.380. The maximum Gasteiger partial charge on any atom is 0.409 e. The highest BCUT2D eigenvalue weighted by Crippen LogP contribution is 2.44. The van der Waals surface area contributed by atoms with Gasteiger partial charge in [-0.2, -0.15) is 0 Å². The van der Waals surface area contributed by atoms with Crippen molar-refractivity contribution in [3.05, 3.63) is 59.7 Å². The molecule has 1 amide bonds. The van der Waals surface area contributed by atoms with Gasteiger partial charge in [-0.05, 0) is 35.1 Å². The molecule has 0 radical (unpaired) electrons. The van der Waals surface area contributed by atoms with Crippen molar-refractivity contribution in [1.82, 2.24) is 4.90 Å². The topological polar surface area (TPSA) is 57.2 Å². The number of ether oxygens (including phenoxy) is 1. The number of hydrogen-bond donors (Lipinski definition) is 1. The molecule has 0 aromatic heterocycles. The van der Waals surface area contributed by atoms with Crippen molar-refractivity contribution >= 4 is 6.09 Å². The second-order valence-electron chi connectivity index (χ2n) is 7.02. The number of fused-ring (bicyclic) bond motifs is 3. The highest BCUT2D eigenvalue weighted by Gasteiger charge is 2.30. The molecular formula is C21H25N2O2+. The average molecular weight is 337 g/mol. The number of amides is 1. The van der Waals surface area contributed by atoms with Gasteiger partial charge in [0.05, 0.1) is 6.54 Å². The van der Waals surface area contributed by atoms with Crippen molar-refractivity contribution in [2.75, 3.05) is 26.2 Å².